The predicted octanol–water partition coefficient (Wildman–Crippen LogP) is 3.32. The van der Waals surface area contributed by atoms with Gasteiger partial charge in [0.05, 0.1) is 14.2 Å². The van der Waals surface area contributed by atoms with Gasteiger partial charge in [-0.2, -0.15) is 0 Å². The summed E-state index contributed by atoms with van der Waals surface area (Å²) in [5, 5.41) is 0. The van der Waals surface area contributed by atoms with Gasteiger partial charge in [-0.15, -0.1) is 0 Å². The second-order valence-corrected chi connectivity index (χ2v) is 5.47. The molecule has 0 amide bonds. The fourth-order valence-corrected chi connectivity index (χ4v) is 3.13. The van der Waals surface area contributed by atoms with Crippen molar-refractivity contribution in [3.63, 3.8) is 0 Å². The van der Waals surface area contributed by atoms with Gasteiger partial charge in [0.25, 0.3) is 0 Å². The minimum absolute atomic E-state index is 0.241. The normalized spacial score (nSPS) is 27.1. The Bertz CT molecular complexity index is 419. The van der Waals surface area contributed by atoms with E-state index in [9.17, 15) is 0 Å². The van der Waals surface area contributed by atoms with Crippen LogP contribution in [0, 0.1) is 5.92 Å². The Morgan fingerprint density at radius 3 is 2.63 bits per heavy atom. The van der Waals surface area contributed by atoms with Crippen LogP contribution in [0.5, 0.6) is 11.5 Å². The second-order valence-electron chi connectivity index (χ2n) is 5.47. The molecule has 0 saturated heterocycles. The number of ether oxygens (including phenoxy) is 2. The molecule has 0 aromatic heterocycles. The number of nitrogens with two attached hydrogens (primary N) is 1. The Hall–Kier alpha value is -1.22. The standard InChI is InChI=1S/C16H25NO2/c1-4-11-5-8-15(17)14(9-11)13-7-6-12(18-2)10-16(13)19-3/h6-7,10-11,14-15H,4-5,8-9,17H2,1-3H3. The van der Waals surface area contributed by atoms with Crippen molar-refractivity contribution in [3.8, 4) is 11.5 Å². The van der Waals surface area contributed by atoms with Crippen molar-refractivity contribution in [2.75, 3.05) is 14.2 Å². The van der Waals surface area contributed by atoms with Crippen molar-refractivity contribution in [1.82, 2.24) is 0 Å². The molecule has 0 aliphatic heterocycles. The lowest BCUT2D eigenvalue weighted by Gasteiger charge is -2.34. The van der Waals surface area contributed by atoms with E-state index < -0.39 is 0 Å². The van der Waals surface area contributed by atoms with Crippen LogP contribution in [0.2, 0.25) is 0 Å². The summed E-state index contributed by atoms with van der Waals surface area (Å²) in [7, 11) is 3.39. The summed E-state index contributed by atoms with van der Waals surface area (Å²) in [6.45, 7) is 2.27. The molecule has 1 aliphatic rings. The van der Waals surface area contributed by atoms with Crippen molar-refractivity contribution in [3.05, 3.63) is 23.8 Å². The molecule has 2 N–H and O–H groups in total. The first-order chi connectivity index (χ1) is 9.19. The topological polar surface area (TPSA) is 44.5 Å². The van der Waals surface area contributed by atoms with Gasteiger partial charge in [0.15, 0.2) is 0 Å². The van der Waals surface area contributed by atoms with Crippen molar-refractivity contribution in [2.24, 2.45) is 11.7 Å². The van der Waals surface area contributed by atoms with Gasteiger partial charge in [-0.3, -0.25) is 0 Å². The van der Waals surface area contributed by atoms with E-state index in [0.29, 0.717) is 5.92 Å². The van der Waals surface area contributed by atoms with Crippen molar-refractivity contribution in [2.45, 2.75) is 44.6 Å². The van der Waals surface area contributed by atoms with Crippen LogP contribution < -0.4 is 15.2 Å². The van der Waals surface area contributed by atoms with Crippen molar-refractivity contribution in [1.29, 1.82) is 0 Å². The zero-order valence-electron chi connectivity index (χ0n) is 12.2. The molecule has 3 atom stereocenters. The first-order valence-corrected chi connectivity index (χ1v) is 7.17. The van der Waals surface area contributed by atoms with Crippen molar-refractivity contribution >= 4 is 0 Å². The summed E-state index contributed by atoms with van der Waals surface area (Å²) in [4.78, 5) is 0. The molecule has 3 nitrogen and oxygen atoms in total. The molecule has 1 aliphatic carbocycles. The Balaban J connectivity index is 2.28. The highest BCUT2D eigenvalue weighted by Crippen LogP contribution is 2.41. The van der Waals surface area contributed by atoms with Gasteiger partial charge in [0, 0.05) is 18.0 Å². The summed E-state index contributed by atoms with van der Waals surface area (Å²) in [5.41, 5.74) is 7.57. The zero-order chi connectivity index (χ0) is 13.8. The number of rotatable bonds is 4. The fourth-order valence-electron chi connectivity index (χ4n) is 3.13. The average molecular weight is 263 g/mol. The van der Waals surface area contributed by atoms with Gasteiger partial charge in [-0.25, -0.2) is 0 Å². The highest BCUT2D eigenvalue weighted by molar-refractivity contribution is 5.43. The van der Waals surface area contributed by atoms with Crippen LogP contribution in [0.25, 0.3) is 0 Å². The third-order valence-electron chi connectivity index (χ3n) is 4.43. The van der Waals surface area contributed by atoms with Crippen LogP contribution >= 0.6 is 0 Å². The van der Waals surface area contributed by atoms with E-state index >= 15 is 0 Å². The molecule has 3 heteroatoms. The average Bonchev–Trinajstić information content (AvgIpc) is 2.47. The smallest absolute Gasteiger partial charge is 0.126 e. The number of methoxy groups -OCH3 is 2. The maximum Gasteiger partial charge on any atom is 0.126 e. The lowest BCUT2D eigenvalue weighted by Crippen LogP contribution is -2.34. The maximum atomic E-state index is 6.34. The fraction of sp³-hybridized carbons (Fsp3) is 0.625. The van der Waals surface area contributed by atoms with Crippen LogP contribution in [0.3, 0.4) is 0 Å². The summed E-state index contributed by atoms with van der Waals surface area (Å²) >= 11 is 0. The van der Waals surface area contributed by atoms with E-state index in [1.807, 2.05) is 12.1 Å². The van der Waals surface area contributed by atoms with Crippen LogP contribution in [0.1, 0.15) is 44.1 Å². The molecule has 106 valence electrons. The Kier molecular flexibility index (Phi) is 4.70. The van der Waals surface area contributed by atoms with Gasteiger partial charge in [0.1, 0.15) is 11.5 Å². The molecule has 0 spiro atoms. The molecule has 3 unspecified atom stereocenters. The van der Waals surface area contributed by atoms with E-state index in [1.54, 1.807) is 14.2 Å². The quantitative estimate of drug-likeness (QED) is 0.906. The van der Waals surface area contributed by atoms with E-state index in [1.165, 1.54) is 24.8 Å². The third kappa shape index (κ3) is 3.03. The van der Waals surface area contributed by atoms with Gasteiger partial charge >= 0.3 is 0 Å². The molecule has 1 aromatic carbocycles. The van der Waals surface area contributed by atoms with E-state index in [4.69, 9.17) is 15.2 Å². The molecule has 2 rings (SSSR count). The molecule has 1 fully saturated rings. The number of benzene rings is 1. The number of hydrogen-bond acceptors (Lipinski definition) is 3. The Morgan fingerprint density at radius 2 is 2.00 bits per heavy atom. The summed E-state index contributed by atoms with van der Waals surface area (Å²) in [6.07, 6.45) is 4.77. The van der Waals surface area contributed by atoms with E-state index in [2.05, 4.69) is 13.0 Å². The lowest BCUT2D eigenvalue weighted by molar-refractivity contribution is 0.276. The molecule has 1 aromatic rings. The van der Waals surface area contributed by atoms with Crippen molar-refractivity contribution < 1.29 is 9.47 Å². The summed E-state index contributed by atoms with van der Waals surface area (Å²) in [6, 6.07) is 6.31. The largest absolute Gasteiger partial charge is 0.497 e. The number of hydrogen-bond donors (Lipinski definition) is 1. The predicted molar refractivity (Wildman–Crippen MR) is 77.9 cm³/mol. The first-order valence-electron chi connectivity index (χ1n) is 7.17. The Labute approximate surface area is 116 Å². The molecule has 0 heterocycles. The van der Waals surface area contributed by atoms with Gasteiger partial charge in [0.2, 0.25) is 0 Å². The lowest BCUT2D eigenvalue weighted by atomic mass is 9.74. The van der Waals surface area contributed by atoms with Crippen LogP contribution in [-0.4, -0.2) is 20.3 Å². The highest BCUT2D eigenvalue weighted by Gasteiger charge is 2.30. The van der Waals surface area contributed by atoms with Gasteiger partial charge < -0.3 is 15.2 Å². The summed E-state index contributed by atoms with van der Waals surface area (Å²) < 4.78 is 10.8. The molecule has 1 saturated carbocycles. The molecule has 0 radical (unpaired) electrons. The molecule has 19 heavy (non-hydrogen) atoms. The van der Waals surface area contributed by atoms with E-state index in [-0.39, 0.29) is 6.04 Å². The van der Waals surface area contributed by atoms with Gasteiger partial charge in [-0.05, 0) is 36.8 Å². The SMILES string of the molecule is CCC1CCC(N)C(c2ccc(OC)cc2OC)C1. The molecular formula is C16H25NO2. The maximum absolute atomic E-state index is 6.34. The monoisotopic (exact) mass is 263 g/mol. The van der Waals surface area contributed by atoms with E-state index in [0.717, 1.165) is 23.8 Å². The van der Waals surface area contributed by atoms with Crippen LogP contribution in [-0.2, 0) is 0 Å². The zero-order valence-corrected chi connectivity index (χ0v) is 12.2. The second kappa shape index (κ2) is 6.29. The summed E-state index contributed by atoms with van der Waals surface area (Å²) in [5.74, 6) is 2.92. The minimum atomic E-state index is 0.241. The molecular weight excluding hydrogens is 238 g/mol. The molecule has 0 bridgehead atoms. The first kappa shape index (κ1) is 14.2. The van der Waals surface area contributed by atoms with Crippen LogP contribution in [0.4, 0.5) is 0 Å². The minimum Gasteiger partial charge on any atom is -0.497 e. The highest BCUT2D eigenvalue weighted by atomic mass is 16.5. The Morgan fingerprint density at radius 1 is 1.21 bits per heavy atom. The van der Waals surface area contributed by atoms with Crippen LogP contribution in [0.15, 0.2) is 18.2 Å². The van der Waals surface area contributed by atoms with Gasteiger partial charge in [-0.1, -0.05) is 19.4 Å². The third-order valence-corrected chi connectivity index (χ3v) is 4.43.